The van der Waals surface area contributed by atoms with E-state index in [1.807, 2.05) is 68.6 Å². The van der Waals surface area contributed by atoms with Crippen molar-refractivity contribution in [2.45, 2.75) is 25.8 Å². The molecule has 0 saturated heterocycles. The molecule has 0 bridgehead atoms. The molecule has 1 unspecified atom stereocenters. The van der Waals surface area contributed by atoms with Crippen molar-refractivity contribution in [2.75, 3.05) is 39.5 Å². The number of hydrogen-bond donors (Lipinski definition) is 1. The number of carbonyl (C=O) groups is 1. The smallest absolute Gasteiger partial charge is 0.229 e. The summed E-state index contributed by atoms with van der Waals surface area (Å²) >= 11 is 0. The van der Waals surface area contributed by atoms with Gasteiger partial charge in [-0.2, -0.15) is 0 Å². The van der Waals surface area contributed by atoms with Crippen molar-refractivity contribution in [3.05, 3.63) is 66.0 Å². The van der Waals surface area contributed by atoms with Gasteiger partial charge >= 0.3 is 0 Å². The lowest BCUT2D eigenvalue weighted by Gasteiger charge is -2.21. The van der Waals surface area contributed by atoms with Crippen LogP contribution in [0, 0.1) is 0 Å². The zero-order valence-electron chi connectivity index (χ0n) is 18.3. The maximum atomic E-state index is 12.9. The van der Waals surface area contributed by atoms with Crippen molar-refractivity contribution in [3.8, 4) is 0 Å². The Morgan fingerprint density at radius 1 is 1.00 bits per heavy atom. The predicted octanol–water partition coefficient (Wildman–Crippen LogP) is 3.76. The molecule has 0 aliphatic heterocycles. The van der Waals surface area contributed by atoms with E-state index in [4.69, 9.17) is 9.97 Å². The van der Waals surface area contributed by atoms with Gasteiger partial charge in [0.05, 0.1) is 18.0 Å². The van der Waals surface area contributed by atoms with E-state index in [1.54, 1.807) is 4.90 Å². The third-order valence-electron chi connectivity index (χ3n) is 5.15. The number of fused-ring (bicyclic) bond motifs is 1. The van der Waals surface area contributed by atoms with Gasteiger partial charge < -0.3 is 15.1 Å². The standard InChI is InChI=1S/C24H31N5O/c1-18(19-11-6-5-7-12-19)24(30)29(4)17-22-26-21-14-9-8-13-20(21)23(27-22)25-15-10-16-28(2)3/h5-9,11-14,18H,10,15-17H2,1-4H3,(H,25,26,27). The summed E-state index contributed by atoms with van der Waals surface area (Å²) in [6, 6.07) is 17.8. The van der Waals surface area contributed by atoms with Crippen LogP contribution in [0.3, 0.4) is 0 Å². The number of benzene rings is 2. The Hall–Kier alpha value is -2.99. The lowest BCUT2D eigenvalue weighted by molar-refractivity contribution is -0.131. The van der Waals surface area contributed by atoms with E-state index in [0.717, 1.165) is 41.8 Å². The first kappa shape index (κ1) is 21.7. The maximum absolute atomic E-state index is 12.9. The number of carbonyl (C=O) groups excluding carboxylic acids is 1. The number of likely N-dealkylation sites (N-methyl/N-ethyl adjacent to an activating group) is 1. The van der Waals surface area contributed by atoms with Crippen LogP contribution >= 0.6 is 0 Å². The second kappa shape index (κ2) is 10.2. The van der Waals surface area contributed by atoms with E-state index < -0.39 is 0 Å². The Morgan fingerprint density at radius 2 is 1.70 bits per heavy atom. The summed E-state index contributed by atoms with van der Waals surface area (Å²) in [5, 5.41) is 4.45. The second-order valence-electron chi connectivity index (χ2n) is 7.92. The van der Waals surface area contributed by atoms with Gasteiger partial charge in [0.15, 0.2) is 5.82 Å². The molecule has 0 radical (unpaired) electrons. The van der Waals surface area contributed by atoms with Crippen LogP contribution in [0.2, 0.25) is 0 Å². The fourth-order valence-electron chi connectivity index (χ4n) is 3.44. The minimum absolute atomic E-state index is 0.0541. The summed E-state index contributed by atoms with van der Waals surface area (Å²) in [5.41, 5.74) is 1.89. The third kappa shape index (κ3) is 5.54. The van der Waals surface area contributed by atoms with Crippen molar-refractivity contribution < 1.29 is 4.79 Å². The molecule has 1 atom stereocenters. The topological polar surface area (TPSA) is 61.4 Å². The maximum Gasteiger partial charge on any atom is 0.229 e. The molecule has 2 aromatic carbocycles. The average molecular weight is 406 g/mol. The molecule has 1 heterocycles. The number of aromatic nitrogens is 2. The van der Waals surface area contributed by atoms with Crippen molar-refractivity contribution >= 4 is 22.6 Å². The first-order chi connectivity index (χ1) is 14.5. The molecule has 0 saturated carbocycles. The van der Waals surface area contributed by atoms with Crippen LogP contribution < -0.4 is 5.32 Å². The highest BCUT2D eigenvalue weighted by atomic mass is 16.2. The summed E-state index contributed by atoms with van der Waals surface area (Å²) < 4.78 is 0. The minimum atomic E-state index is -0.208. The fraction of sp³-hybridized carbons (Fsp3) is 0.375. The highest BCUT2D eigenvalue weighted by molar-refractivity contribution is 5.89. The van der Waals surface area contributed by atoms with Gasteiger partial charge in [-0.3, -0.25) is 4.79 Å². The van der Waals surface area contributed by atoms with Crippen LogP contribution in [-0.2, 0) is 11.3 Å². The Morgan fingerprint density at radius 3 is 2.43 bits per heavy atom. The molecular formula is C24H31N5O. The highest BCUT2D eigenvalue weighted by Gasteiger charge is 2.20. The molecule has 158 valence electrons. The van der Waals surface area contributed by atoms with Crippen molar-refractivity contribution in [2.24, 2.45) is 0 Å². The normalized spacial score (nSPS) is 12.2. The van der Waals surface area contributed by atoms with Gasteiger partial charge in [-0.15, -0.1) is 0 Å². The van der Waals surface area contributed by atoms with Crippen molar-refractivity contribution in [3.63, 3.8) is 0 Å². The molecule has 0 aliphatic rings. The van der Waals surface area contributed by atoms with E-state index in [0.29, 0.717) is 12.4 Å². The quantitative estimate of drug-likeness (QED) is 0.549. The largest absolute Gasteiger partial charge is 0.369 e. The predicted molar refractivity (Wildman–Crippen MR) is 123 cm³/mol. The highest BCUT2D eigenvalue weighted by Crippen LogP contribution is 2.22. The first-order valence-corrected chi connectivity index (χ1v) is 10.4. The number of nitrogens with zero attached hydrogens (tertiary/aromatic N) is 4. The summed E-state index contributed by atoms with van der Waals surface area (Å²) in [7, 11) is 5.95. The Balaban J connectivity index is 1.75. The second-order valence-corrected chi connectivity index (χ2v) is 7.92. The van der Waals surface area contributed by atoms with Gasteiger partial charge in [0.2, 0.25) is 5.91 Å². The number of hydrogen-bond acceptors (Lipinski definition) is 5. The van der Waals surface area contributed by atoms with Crippen molar-refractivity contribution in [1.29, 1.82) is 0 Å². The lowest BCUT2D eigenvalue weighted by Crippen LogP contribution is -2.31. The van der Waals surface area contributed by atoms with Crippen LogP contribution in [-0.4, -0.2) is 59.9 Å². The third-order valence-corrected chi connectivity index (χ3v) is 5.15. The minimum Gasteiger partial charge on any atom is -0.369 e. The zero-order chi connectivity index (χ0) is 21.5. The SMILES string of the molecule is CC(C(=O)N(C)Cc1nc(NCCCN(C)C)c2ccccc2n1)c1ccccc1. The molecule has 0 aliphatic carbocycles. The fourth-order valence-corrected chi connectivity index (χ4v) is 3.44. The van der Waals surface area contributed by atoms with Crippen LogP contribution in [0.1, 0.15) is 30.7 Å². The molecule has 0 fully saturated rings. The Kier molecular flexibility index (Phi) is 7.36. The van der Waals surface area contributed by atoms with E-state index in [-0.39, 0.29) is 11.8 Å². The van der Waals surface area contributed by atoms with Crippen LogP contribution in [0.15, 0.2) is 54.6 Å². The molecule has 1 N–H and O–H groups in total. The van der Waals surface area contributed by atoms with E-state index in [9.17, 15) is 4.79 Å². The molecular weight excluding hydrogens is 374 g/mol. The Bertz CT molecular complexity index is 974. The molecule has 30 heavy (non-hydrogen) atoms. The van der Waals surface area contributed by atoms with Gasteiger partial charge in [-0.1, -0.05) is 42.5 Å². The summed E-state index contributed by atoms with van der Waals surface area (Å²) in [5.74, 6) is 1.31. The van der Waals surface area contributed by atoms with E-state index in [2.05, 4.69) is 24.3 Å². The van der Waals surface area contributed by atoms with Crippen molar-refractivity contribution in [1.82, 2.24) is 19.8 Å². The molecule has 6 heteroatoms. The number of nitrogens with one attached hydrogen (secondary N) is 1. The molecule has 1 aromatic heterocycles. The molecule has 3 rings (SSSR count). The van der Waals surface area contributed by atoms with E-state index in [1.165, 1.54) is 0 Å². The van der Waals surface area contributed by atoms with Gasteiger partial charge in [0, 0.05) is 19.0 Å². The average Bonchev–Trinajstić information content (AvgIpc) is 2.76. The Labute approximate surface area is 178 Å². The van der Waals surface area contributed by atoms with Crippen LogP contribution in [0.5, 0.6) is 0 Å². The number of para-hydroxylation sites is 1. The van der Waals surface area contributed by atoms with Gasteiger partial charge in [0.1, 0.15) is 5.82 Å². The monoisotopic (exact) mass is 405 g/mol. The molecule has 3 aromatic rings. The van der Waals surface area contributed by atoms with Crippen LogP contribution in [0.4, 0.5) is 5.82 Å². The zero-order valence-corrected chi connectivity index (χ0v) is 18.3. The lowest BCUT2D eigenvalue weighted by atomic mass is 10.00. The summed E-state index contributed by atoms with van der Waals surface area (Å²) in [4.78, 5) is 26.2. The molecule has 6 nitrogen and oxygen atoms in total. The van der Waals surface area contributed by atoms with E-state index >= 15 is 0 Å². The first-order valence-electron chi connectivity index (χ1n) is 10.4. The molecule has 0 spiro atoms. The number of anilines is 1. The van der Waals surface area contributed by atoms with Crippen LogP contribution in [0.25, 0.3) is 10.9 Å². The van der Waals surface area contributed by atoms with Gasteiger partial charge in [0.25, 0.3) is 0 Å². The number of rotatable bonds is 9. The van der Waals surface area contributed by atoms with Gasteiger partial charge in [-0.25, -0.2) is 9.97 Å². The summed E-state index contributed by atoms with van der Waals surface area (Å²) in [6.45, 7) is 4.15. The van der Waals surface area contributed by atoms with Gasteiger partial charge in [-0.05, 0) is 51.7 Å². The summed E-state index contributed by atoms with van der Waals surface area (Å²) in [6.07, 6.45) is 1.02. The number of amides is 1. The molecule has 1 amide bonds.